The molecule has 0 radical (unpaired) electrons. The number of rotatable bonds is 3. The molecule has 0 atom stereocenters. The first kappa shape index (κ1) is 12.9. The summed E-state index contributed by atoms with van der Waals surface area (Å²) in [5, 5.41) is 0. The zero-order valence-electron chi connectivity index (χ0n) is 11.8. The van der Waals surface area contributed by atoms with Crippen LogP contribution in [0.4, 0.5) is 0 Å². The molecule has 2 aromatic rings. The van der Waals surface area contributed by atoms with Gasteiger partial charge in [-0.3, -0.25) is 4.79 Å². The smallest absolute Gasteiger partial charge is 0.254 e. The van der Waals surface area contributed by atoms with Crippen LogP contribution in [0.1, 0.15) is 31.5 Å². The zero-order chi connectivity index (χ0) is 14.1. The molecule has 1 aliphatic carbocycles. The highest BCUT2D eigenvalue weighted by molar-refractivity contribution is 5.57. The fourth-order valence-electron chi connectivity index (χ4n) is 2.57. The van der Waals surface area contributed by atoms with Gasteiger partial charge in [0.25, 0.3) is 5.56 Å². The maximum atomic E-state index is 12.0. The second kappa shape index (κ2) is 5.12. The predicted molar refractivity (Wildman–Crippen MR) is 78.1 cm³/mol. The van der Waals surface area contributed by atoms with Crippen molar-refractivity contribution in [1.82, 2.24) is 9.97 Å². The molecule has 1 aromatic carbocycles. The molecule has 1 N–H and O–H groups in total. The summed E-state index contributed by atoms with van der Waals surface area (Å²) in [5.74, 6) is 1.42. The Labute approximate surface area is 117 Å². The van der Waals surface area contributed by atoms with E-state index >= 15 is 0 Å². The molecule has 0 saturated carbocycles. The van der Waals surface area contributed by atoms with Crippen molar-refractivity contribution in [3.05, 3.63) is 45.9 Å². The molecule has 0 spiro atoms. The Balaban J connectivity index is 2.01. The molecule has 0 bridgehead atoms. The summed E-state index contributed by atoms with van der Waals surface area (Å²) in [6.45, 7) is 3.98. The molecule has 1 aromatic heterocycles. The van der Waals surface area contributed by atoms with Gasteiger partial charge in [-0.2, -0.15) is 0 Å². The van der Waals surface area contributed by atoms with Crippen molar-refractivity contribution >= 4 is 0 Å². The molecule has 20 heavy (non-hydrogen) atoms. The SMILES string of the molecule is CC(C)Oc1cccc(-c2nc3c(c(=O)[nH]2)CCC3)c1. The number of fused-ring (bicyclic) bond motifs is 1. The number of aryl methyl sites for hydroxylation is 1. The van der Waals surface area contributed by atoms with E-state index in [1.54, 1.807) is 0 Å². The van der Waals surface area contributed by atoms with E-state index in [9.17, 15) is 4.79 Å². The summed E-state index contributed by atoms with van der Waals surface area (Å²) in [7, 11) is 0. The van der Waals surface area contributed by atoms with Gasteiger partial charge in [0, 0.05) is 11.1 Å². The van der Waals surface area contributed by atoms with Gasteiger partial charge in [0.2, 0.25) is 0 Å². The molecule has 0 fully saturated rings. The second-order valence-corrected chi connectivity index (χ2v) is 5.39. The summed E-state index contributed by atoms with van der Waals surface area (Å²) >= 11 is 0. The first-order valence-corrected chi connectivity index (χ1v) is 7.02. The van der Waals surface area contributed by atoms with Gasteiger partial charge < -0.3 is 9.72 Å². The zero-order valence-corrected chi connectivity index (χ0v) is 11.8. The number of hydrogen-bond donors (Lipinski definition) is 1. The summed E-state index contributed by atoms with van der Waals surface area (Å²) < 4.78 is 5.68. The Morgan fingerprint density at radius 1 is 1.30 bits per heavy atom. The van der Waals surface area contributed by atoms with Gasteiger partial charge in [-0.15, -0.1) is 0 Å². The molecule has 104 valence electrons. The number of hydrogen-bond acceptors (Lipinski definition) is 3. The van der Waals surface area contributed by atoms with Crippen LogP contribution in [0.2, 0.25) is 0 Å². The molecule has 0 aliphatic heterocycles. The van der Waals surface area contributed by atoms with Gasteiger partial charge in [-0.05, 0) is 45.2 Å². The van der Waals surface area contributed by atoms with E-state index in [1.165, 1.54) is 0 Å². The summed E-state index contributed by atoms with van der Waals surface area (Å²) in [6.07, 6.45) is 2.88. The monoisotopic (exact) mass is 270 g/mol. The third kappa shape index (κ3) is 2.46. The molecule has 4 heteroatoms. The Hall–Kier alpha value is -2.10. The maximum absolute atomic E-state index is 12.0. The van der Waals surface area contributed by atoms with Crippen LogP contribution in [0, 0.1) is 0 Å². The van der Waals surface area contributed by atoms with Crippen LogP contribution < -0.4 is 10.3 Å². The van der Waals surface area contributed by atoms with Crippen LogP contribution in [0.5, 0.6) is 5.75 Å². The third-order valence-corrected chi connectivity index (χ3v) is 3.42. The Morgan fingerprint density at radius 3 is 2.95 bits per heavy atom. The molecule has 0 amide bonds. The molecular formula is C16H18N2O2. The molecule has 4 nitrogen and oxygen atoms in total. The van der Waals surface area contributed by atoms with Crippen molar-refractivity contribution in [3.63, 3.8) is 0 Å². The van der Waals surface area contributed by atoms with Crippen LogP contribution in [0.15, 0.2) is 29.1 Å². The molecule has 1 aliphatic rings. The fraction of sp³-hybridized carbons (Fsp3) is 0.375. The Kier molecular flexibility index (Phi) is 3.30. The predicted octanol–water partition coefficient (Wildman–Crippen LogP) is 2.71. The van der Waals surface area contributed by atoms with E-state index in [2.05, 4.69) is 9.97 Å². The lowest BCUT2D eigenvalue weighted by molar-refractivity contribution is 0.242. The van der Waals surface area contributed by atoms with Crippen molar-refractivity contribution in [3.8, 4) is 17.1 Å². The topological polar surface area (TPSA) is 55.0 Å². The van der Waals surface area contributed by atoms with E-state index in [0.717, 1.165) is 41.8 Å². The molecule has 0 unspecified atom stereocenters. The lowest BCUT2D eigenvalue weighted by Crippen LogP contribution is -2.15. The lowest BCUT2D eigenvalue weighted by atomic mass is 10.2. The molecule has 0 saturated heterocycles. The van der Waals surface area contributed by atoms with Gasteiger partial charge in [-0.1, -0.05) is 12.1 Å². The number of nitrogens with zero attached hydrogens (tertiary/aromatic N) is 1. The third-order valence-electron chi connectivity index (χ3n) is 3.42. The summed E-state index contributed by atoms with van der Waals surface area (Å²) in [6, 6.07) is 7.68. The van der Waals surface area contributed by atoms with Crippen molar-refractivity contribution in [1.29, 1.82) is 0 Å². The average molecular weight is 270 g/mol. The Morgan fingerprint density at radius 2 is 2.15 bits per heavy atom. The number of aromatic amines is 1. The van der Waals surface area contributed by atoms with Crippen molar-refractivity contribution in [2.24, 2.45) is 0 Å². The number of H-pyrrole nitrogens is 1. The van der Waals surface area contributed by atoms with Crippen LogP contribution in [-0.2, 0) is 12.8 Å². The summed E-state index contributed by atoms with van der Waals surface area (Å²) in [5.41, 5.74) is 2.68. The van der Waals surface area contributed by atoms with Crippen LogP contribution >= 0.6 is 0 Å². The highest BCUT2D eigenvalue weighted by Gasteiger charge is 2.17. The van der Waals surface area contributed by atoms with E-state index in [1.807, 2.05) is 38.1 Å². The van der Waals surface area contributed by atoms with Crippen molar-refractivity contribution < 1.29 is 4.74 Å². The first-order chi connectivity index (χ1) is 9.63. The largest absolute Gasteiger partial charge is 0.491 e. The van der Waals surface area contributed by atoms with Crippen LogP contribution in [-0.4, -0.2) is 16.1 Å². The molecular weight excluding hydrogens is 252 g/mol. The minimum Gasteiger partial charge on any atom is -0.491 e. The standard InChI is InChI=1S/C16H18N2O2/c1-10(2)20-12-6-3-5-11(9-12)15-17-14-8-4-7-13(14)16(19)18-15/h3,5-6,9-10H,4,7-8H2,1-2H3,(H,17,18,19). The van der Waals surface area contributed by atoms with E-state index in [0.29, 0.717) is 5.82 Å². The number of nitrogens with one attached hydrogen (secondary N) is 1. The normalized spacial score (nSPS) is 13.6. The van der Waals surface area contributed by atoms with Crippen molar-refractivity contribution in [2.75, 3.05) is 0 Å². The van der Waals surface area contributed by atoms with E-state index in [4.69, 9.17) is 4.74 Å². The average Bonchev–Trinajstić information content (AvgIpc) is 2.87. The maximum Gasteiger partial charge on any atom is 0.254 e. The fourth-order valence-corrected chi connectivity index (χ4v) is 2.57. The second-order valence-electron chi connectivity index (χ2n) is 5.39. The summed E-state index contributed by atoms with van der Waals surface area (Å²) in [4.78, 5) is 19.5. The van der Waals surface area contributed by atoms with E-state index in [-0.39, 0.29) is 11.7 Å². The highest BCUT2D eigenvalue weighted by Crippen LogP contribution is 2.23. The first-order valence-electron chi connectivity index (χ1n) is 7.02. The molecule has 1 heterocycles. The number of aromatic nitrogens is 2. The van der Waals surface area contributed by atoms with Crippen molar-refractivity contribution in [2.45, 2.75) is 39.2 Å². The quantitative estimate of drug-likeness (QED) is 0.933. The van der Waals surface area contributed by atoms with Gasteiger partial charge >= 0.3 is 0 Å². The minimum atomic E-state index is -0.00215. The van der Waals surface area contributed by atoms with E-state index < -0.39 is 0 Å². The van der Waals surface area contributed by atoms with Gasteiger partial charge in [-0.25, -0.2) is 4.98 Å². The highest BCUT2D eigenvalue weighted by atomic mass is 16.5. The minimum absolute atomic E-state index is 0.00215. The number of benzene rings is 1. The van der Waals surface area contributed by atoms with Crippen LogP contribution in [0.25, 0.3) is 11.4 Å². The van der Waals surface area contributed by atoms with Gasteiger partial charge in [0.15, 0.2) is 0 Å². The van der Waals surface area contributed by atoms with Crippen LogP contribution in [0.3, 0.4) is 0 Å². The van der Waals surface area contributed by atoms with Gasteiger partial charge in [0.1, 0.15) is 11.6 Å². The molecule has 3 rings (SSSR count). The van der Waals surface area contributed by atoms with Gasteiger partial charge in [0.05, 0.1) is 11.8 Å². The lowest BCUT2D eigenvalue weighted by Gasteiger charge is -2.11. The number of ether oxygens (including phenoxy) is 1. The Bertz CT molecular complexity index is 689.